The second kappa shape index (κ2) is 8.23. The minimum Gasteiger partial charge on any atom is -0.396 e. The maximum absolute atomic E-state index is 12.0. The highest BCUT2D eigenvalue weighted by atomic mass is 19.4. The third-order valence-electron chi connectivity index (χ3n) is 4.08. The lowest BCUT2D eigenvalue weighted by atomic mass is 9.97. The summed E-state index contributed by atoms with van der Waals surface area (Å²) in [6.45, 7) is 0.832. The van der Waals surface area contributed by atoms with Crippen LogP contribution >= 0.6 is 0 Å². The van der Waals surface area contributed by atoms with Crippen LogP contribution in [-0.2, 0) is 6.54 Å². The highest BCUT2D eigenvalue weighted by Gasteiger charge is 2.27. The molecule has 1 fully saturated rings. The number of hydrogen-bond donors (Lipinski definition) is 3. The van der Waals surface area contributed by atoms with Gasteiger partial charge in [-0.15, -0.1) is 0 Å². The monoisotopic (exact) mass is 345 g/mol. The smallest absolute Gasteiger partial charge is 0.396 e. The second-order valence-electron chi connectivity index (χ2n) is 5.93. The highest BCUT2D eigenvalue weighted by Crippen LogP contribution is 2.23. The van der Waals surface area contributed by atoms with Crippen molar-refractivity contribution in [1.29, 1.82) is 0 Å². The highest BCUT2D eigenvalue weighted by molar-refractivity contribution is 5.73. The van der Waals surface area contributed by atoms with E-state index >= 15 is 0 Å². The number of benzene rings is 1. The summed E-state index contributed by atoms with van der Waals surface area (Å²) in [5.41, 5.74) is 1.88. The van der Waals surface area contributed by atoms with Gasteiger partial charge in [-0.05, 0) is 36.5 Å². The van der Waals surface area contributed by atoms with Gasteiger partial charge in [-0.3, -0.25) is 0 Å². The van der Waals surface area contributed by atoms with Crippen molar-refractivity contribution in [2.75, 3.05) is 31.1 Å². The van der Waals surface area contributed by atoms with E-state index in [4.69, 9.17) is 5.11 Å². The standard InChI is InChI=1S/C16H22F3N3O2/c17-16(18,19)11-21-15(24)20-9-12-1-3-14(4-2-12)22-7-5-13(10-23)6-8-22/h1-4,13,23H,5-11H2,(H2,20,21,24). The predicted octanol–water partition coefficient (Wildman–Crippen LogP) is 2.26. The number of anilines is 1. The molecule has 0 bridgehead atoms. The number of rotatable bonds is 5. The number of aliphatic hydroxyl groups excluding tert-OH is 1. The summed E-state index contributed by atoms with van der Waals surface area (Å²) in [4.78, 5) is 13.5. The Morgan fingerprint density at radius 1 is 1.17 bits per heavy atom. The molecule has 2 rings (SSSR count). The van der Waals surface area contributed by atoms with Crippen molar-refractivity contribution in [1.82, 2.24) is 10.6 Å². The van der Waals surface area contributed by atoms with Crippen LogP contribution in [0.3, 0.4) is 0 Å². The van der Waals surface area contributed by atoms with Gasteiger partial charge in [-0.2, -0.15) is 13.2 Å². The van der Waals surface area contributed by atoms with Gasteiger partial charge in [0.1, 0.15) is 6.54 Å². The fourth-order valence-corrected chi connectivity index (χ4v) is 2.62. The summed E-state index contributed by atoms with van der Waals surface area (Å²) < 4.78 is 36.0. The van der Waals surface area contributed by atoms with Crippen LogP contribution in [-0.4, -0.2) is 43.6 Å². The molecule has 1 aromatic rings. The molecule has 3 N–H and O–H groups in total. The van der Waals surface area contributed by atoms with Crippen LogP contribution in [0.4, 0.5) is 23.7 Å². The number of hydrogen-bond acceptors (Lipinski definition) is 3. The largest absolute Gasteiger partial charge is 0.405 e. The Labute approximate surface area is 138 Å². The molecular weight excluding hydrogens is 323 g/mol. The van der Waals surface area contributed by atoms with Crippen LogP contribution in [0.1, 0.15) is 18.4 Å². The Hall–Kier alpha value is -1.96. The van der Waals surface area contributed by atoms with Crippen LogP contribution in [0.5, 0.6) is 0 Å². The van der Waals surface area contributed by atoms with Crippen molar-refractivity contribution in [3.63, 3.8) is 0 Å². The maximum Gasteiger partial charge on any atom is 0.405 e. The summed E-state index contributed by atoms with van der Waals surface area (Å²) in [6.07, 6.45) is -2.50. The van der Waals surface area contributed by atoms with Gasteiger partial charge in [-0.1, -0.05) is 12.1 Å². The SMILES string of the molecule is O=C(NCc1ccc(N2CCC(CO)CC2)cc1)NCC(F)(F)F. The van der Waals surface area contributed by atoms with E-state index in [9.17, 15) is 18.0 Å². The number of alkyl halides is 3. The predicted molar refractivity (Wildman–Crippen MR) is 84.8 cm³/mol. The first-order valence-electron chi connectivity index (χ1n) is 7.90. The van der Waals surface area contributed by atoms with Crippen LogP contribution < -0.4 is 15.5 Å². The number of carbonyl (C=O) groups is 1. The van der Waals surface area contributed by atoms with Crippen LogP contribution in [0.15, 0.2) is 24.3 Å². The number of halogens is 3. The van der Waals surface area contributed by atoms with E-state index < -0.39 is 18.8 Å². The maximum atomic E-state index is 12.0. The molecule has 2 amide bonds. The fourth-order valence-electron chi connectivity index (χ4n) is 2.62. The molecule has 0 aliphatic carbocycles. The van der Waals surface area contributed by atoms with Gasteiger partial charge in [0.25, 0.3) is 0 Å². The molecule has 8 heteroatoms. The lowest BCUT2D eigenvalue weighted by molar-refractivity contribution is -0.122. The quantitative estimate of drug-likeness (QED) is 0.767. The molecule has 1 aliphatic heterocycles. The van der Waals surface area contributed by atoms with Crippen molar-refractivity contribution in [2.45, 2.75) is 25.6 Å². The van der Waals surface area contributed by atoms with Crippen molar-refractivity contribution >= 4 is 11.7 Å². The first-order valence-corrected chi connectivity index (χ1v) is 7.90. The number of urea groups is 1. The van der Waals surface area contributed by atoms with E-state index in [1.54, 1.807) is 5.32 Å². The molecule has 0 atom stereocenters. The number of nitrogens with one attached hydrogen (secondary N) is 2. The van der Waals surface area contributed by atoms with E-state index in [1.807, 2.05) is 24.3 Å². The number of piperidine rings is 1. The van der Waals surface area contributed by atoms with Crippen LogP contribution in [0.2, 0.25) is 0 Å². The van der Waals surface area contributed by atoms with Crippen molar-refractivity contribution in [2.24, 2.45) is 5.92 Å². The van der Waals surface area contributed by atoms with Crippen molar-refractivity contribution < 1.29 is 23.1 Å². The van der Waals surface area contributed by atoms with Crippen molar-refractivity contribution in [3.05, 3.63) is 29.8 Å². The first-order chi connectivity index (χ1) is 11.4. The van der Waals surface area contributed by atoms with Gasteiger partial charge in [-0.25, -0.2) is 4.79 Å². The summed E-state index contributed by atoms with van der Waals surface area (Å²) in [7, 11) is 0. The molecule has 24 heavy (non-hydrogen) atoms. The van der Waals surface area contributed by atoms with E-state index in [-0.39, 0.29) is 13.2 Å². The van der Waals surface area contributed by atoms with E-state index in [0.29, 0.717) is 5.92 Å². The molecule has 1 aliphatic rings. The van der Waals surface area contributed by atoms with Gasteiger partial charge in [0.05, 0.1) is 0 Å². The second-order valence-corrected chi connectivity index (χ2v) is 5.93. The number of amides is 2. The van der Waals surface area contributed by atoms with Gasteiger partial charge >= 0.3 is 12.2 Å². The zero-order chi connectivity index (χ0) is 17.6. The molecule has 0 aromatic heterocycles. The summed E-state index contributed by atoms with van der Waals surface area (Å²) in [6, 6.07) is 6.71. The molecule has 0 saturated carbocycles. The molecule has 134 valence electrons. The Balaban J connectivity index is 1.77. The lowest BCUT2D eigenvalue weighted by Gasteiger charge is -2.33. The van der Waals surface area contributed by atoms with Crippen LogP contribution in [0, 0.1) is 5.92 Å². The Morgan fingerprint density at radius 3 is 2.33 bits per heavy atom. The van der Waals surface area contributed by atoms with E-state index in [1.165, 1.54) is 0 Å². The molecule has 1 saturated heterocycles. The average Bonchev–Trinajstić information content (AvgIpc) is 2.58. The molecule has 1 aromatic carbocycles. The van der Waals surface area contributed by atoms with E-state index in [2.05, 4.69) is 10.2 Å². The molecule has 0 spiro atoms. The lowest BCUT2D eigenvalue weighted by Crippen LogP contribution is -2.40. The minimum absolute atomic E-state index is 0.163. The summed E-state index contributed by atoms with van der Waals surface area (Å²) >= 11 is 0. The molecular formula is C16H22F3N3O2. The zero-order valence-corrected chi connectivity index (χ0v) is 13.3. The van der Waals surface area contributed by atoms with Gasteiger partial charge < -0.3 is 20.6 Å². The molecule has 0 radical (unpaired) electrons. The van der Waals surface area contributed by atoms with Gasteiger partial charge in [0.15, 0.2) is 0 Å². The number of aliphatic hydroxyl groups is 1. The Bertz CT molecular complexity index is 526. The van der Waals surface area contributed by atoms with Gasteiger partial charge in [0, 0.05) is 31.9 Å². The Morgan fingerprint density at radius 2 is 1.79 bits per heavy atom. The number of carbonyl (C=O) groups excluding carboxylic acids is 1. The summed E-state index contributed by atoms with van der Waals surface area (Å²) in [5.74, 6) is 0.375. The normalized spacial score (nSPS) is 16.1. The van der Waals surface area contributed by atoms with Crippen molar-refractivity contribution in [3.8, 4) is 0 Å². The third kappa shape index (κ3) is 5.92. The Kier molecular flexibility index (Phi) is 6.30. The minimum atomic E-state index is -4.41. The number of nitrogens with zero attached hydrogens (tertiary/aromatic N) is 1. The van der Waals surface area contributed by atoms with Crippen LogP contribution in [0.25, 0.3) is 0 Å². The third-order valence-corrected chi connectivity index (χ3v) is 4.08. The topological polar surface area (TPSA) is 64.6 Å². The zero-order valence-electron chi connectivity index (χ0n) is 13.3. The van der Waals surface area contributed by atoms with E-state index in [0.717, 1.165) is 37.2 Å². The molecule has 1 heterocycles. The fraction of sp³-hybridized carbons (Fsp3) is 0.562. The first kappa shape index (κ1) is 18.4. The average molecular weight is 345 g/mol. The molecule has 0 unspecified atom stereocenters. The molecule has 5 nitrogen and oxygen atoms in total. The summed E-state index contributed by atoms with van der Waals surface area (Å²) in [5, 5.41) is 13.3. The van der Waals surface area contributed by atoms with Gasteiger partial charge in [0.2, 0.25) is 0 Å².